The summed E-state index contributed by atoms with van der Waals surface area (Å²) in [5, 5.41) is 20.8. The van der Waals surface area contributed by atoms with Crippen molar-refractivity contribution >= 4 is 0 Å². The molecule has 3 nitrogen and oxygen atoms in total. The smallest absolute Gasteiger partial charge is 0.103 e. The molecule has 2 N–H and O–H groups in total. The highest BCUT2D eigenvalue weighted by Crippen LogP contribution is 2.76. The summed E-state index contributed by atoms with van der Waals surface area (Å²) in [4.78, 5) is 0. The van der Waals surface area contributed by atoms with E-state index in [4.69, 9.17) is 4.74 Å². The second kappa shape index (κ2) is 3.13. The number of aliphatic hydroxyl groups is 2. The van der Waals surface area contributed by atoms with Crippen LogP contribution < -0.4 is 0 Å². The van der Waals surface area contributed by atoms with Crippen LogP contribution in [0.2, 0.25) is 0 Å². The van der Waals surface area contributed by atoms with Crippen LogP contribution in [0.25, 0.3) is 0 Å². The first-order valence-corrected chi connectivity index (χ1v) is 7.44. The lowest BCUT2D eigenvalue weighted by Gasteiger charge is -2.47. The fraction of sp³-hybridized carbons (Fsp3) is 1.00. The van der Waals surface area contributed by atoms with Crippen molar-refractivity contribution in [2.45, 2.75) is 51.4 Å². The Bertz CT molecular complexity index is 379. The molecule has 1 heterocycles. The Morgan fingerprint density at radius 2 is 1.78 bits per heavy atom. The average Bonchev–Trinajstić information content (AvgIpc) is 3.02. The van der Waals surface area contributed by atoms with E-state index in [-0.39, 0.29) is 22.9 Å². The molecule has 3 heteroatoms. The molecule has 8 unspecified atom stereocenters. The first-order valence-electron chi connectivity index (χ1n) is 7.44. The molecular weight excluding hydrogens is 228 g/mol. The monoisotopic (exact) mass is 252 g/mol. The van der Waals surface area contributed by atoms with Gasteiger partial charge in [-0.25, -0.2) is 0 Å². The predicted molar refractivity (Wildman–Crippen MR) is 66.8 cm³/mol. The minimum atomic E-state index is -0.560. The first-order chi connectivity index (χ1) is 8.44. The van der Waals surface area contributed by atoms with Gasteiger partial charge in [-0.2, -0.15) is 0 Å². The molecule has 4 aliphatic rings. The number of hydrogen-bond acceptors (Lipinski definition) is 3. The molecule has 1 saturated heterocycles. The van der Waals surface area contributed by atoms with E-state index in [0.717, 1.165) is 13.0 Å². The minimum absolute atomic E-state index is 0.0926. The Labute approximate surface area is 109 Å². The van der Waals surface area contributed by atoms with Crippen LogP contribution in [0.4, 0.5) is 0 Å². The molecule has 3 saturated carbocycles. The lowest BCUT2D eigenvalue weighted by atomic mass is 9.59. The Hall–Kier alpha value is -0.120. The van der Waals surface area contributed by atoms with Gasteiger partial charge in [0.25, 0.3) is 0 Å². The van der Waals surface area contributed by atoms with Crippen LogP contribution in [-0.4, -0.2) is 34.6 Å². The summed E-state index contributed by atoms with van der Waals surface area (Å²) in [7, 11) is 0. The highest BCUT2D eigenvalue weighted by Gasteiger charge is 2.82. The van der Waals surface area contributed by atoms with E-state index in [1.165, 1.54) is 6.42 Å². The standard InChI is InChI=1S/C15H24O3/c1-7(2)8-4-5-14(3)10-9(8)11(13(17)12(10)16)15(14)6-18-15/h7-13,16-17H,4-6H2,1-3H3. The number of rotatable bonds is 1. The highest BCUT2D eigenvalue weighted by atomic mass is 16.6. The summed E-state index contributed by atoms with van der Waals surface area (Å²) in [6.45, 7) is 7.66. The van der Waals surface area contributed by atoms with Gasteiger partial charge in [-0.1, -0.05) is 20.8 Å². The molecule has 1 spiro atoms. The van der Waals surface area contributed by atoms with Crippen molar-refractivity contribution in [1.29, 1.82) is 0 Å². The van der Waals surface area contributed by atoms with E-state index in [9.17, 15) is 10.2 Å². The maximum atomic E-state index is 10.4. The third kappa shape index (κ3) is 0.981. The van der Waals surface area contributed by atoms with E-state index >= 15 is 0 Å². The van der Waals surface area contributed by atoms with Crippen molar-refractivity contribution in [2.75, 3.05) is 6.61 Å². The van der Waals surface area contributed by atoms with Crippen molar-refractivity contribution in [3.05, 3.63) is 0 Å². The summed E-state index contributed by atoms with van der Waals surface area (Å²) in [5.74, 6) is 2.18. The molecule has 4 fully saturated rings. The van der Waals surface area contributed by atoms with Crippen molar-refractivity contribution in [2.24, 2.45) is 35.0 Å². The molecule has 4 rings (SSSR count). The lowest BCUT2D eigenvalue weighted by molar-refractivity contribution is -0.107. The molecule has 0 aromatic rings. The van der Waals surface area contributed by atoms with Gasteiger partial charge < -0.3 is 14.9 Å². The summed E-state index contributed by atoms with van der Waals surface area (Å²) < 4.78 is 5.88. The fourth-order valence-corrected chi connectivity index (χ4v) is 6.10. The SMILES string of the molecule is CC(C)C1CCC2(C)C3C(O)C(O)C(C13)C21CO1. The first kappa shape index (κ1) is 11.7. The average molecular weight is 252 g/mol. The summed E-state index contributed by atoms with van der Waals surface area (Å²) in [5.41, 5.74) is 0.0109. The van der Waals surface area contributed by atoms with Crippen molar-refractivity contribution in [3.63, 3.8) is 0 Å². The topological polar surface area (TPSA) is 53.0 Å². The van der Waals surface area contributed by atoms with Crippen LogP contribution in [0.1, 0.15) is 33.6 Å². The van der Waals surface area contributed by atoms with Crippen LogP contribution in [-0.2, 0) is 4.74 Å². The highest BCUT2D eigenvalue weighted by molar-refractivity contribution is 5.30. The zero-order valence-electron chi connectivity index (χ0n) is 11.5. The zero-order valence-corrected chi connectivity index (χ0v) is 11.5. The van der Waals surface area contributed by atoms with Crippen molar-refractivity contribution in [3.8, 4) is 0 Å². The molecule has 0 radical (unpaired) electrons. The Morgan fingerprint density at radius 1 is 1.17 bits per heavy atom. The van der Waals surface area contributed by atoms with Crippen LogP contribution in [0.5, 0.6) is 0 Å². The lowest BCUT2D eigenvalue weighted by Crippen LogP contribution is -2.53. The number of epoxide rings is 1. The molecule has 0 aromatic carbocycles. The van der Waals surface area contributed by atoms with Gasteiger partial charge in [0, 0.05) is 11.3 Å². The quantitative estimate of drug-likeness (QED) is 0.694. The van der Waals surface area contributed by atoms with Gasteiger partial charge in [0.2, 0.25) is 0 Å². The third-order valence-electron chi connectivity index (χ3n) is 6.96. The van der Waals surface area contributed by atoms with Gasteiger partial charge in [0.15, 0.2) is 0 Å². The number of hydrogen-bond donors (Lipinski definition) is 2. The number of fused-ring (bicyclic) bond motifs is 2. The molecule has 4 bridgehead atoms. The van der Waals surface area contributed by atoms with Gasteiger partial charge in [0.1, 0.15) is 5.60 Å². The maximum Gasteiger partial charge on any atom is 0.103 e. The normalized spacial score (nSPS) is 65.0. The number of aliphatic hydroxyl groups excluding tert-OH is 2. The van der Waals surface area contributed by atoms with Gasteiger partial charge in [-0.3, -0.25) is 0 Å². The maximum absolute atomic E-state index is 10.4. The molecular formula is C15H24O3. The Balaban J connectivity index is 1.83. The number of ether oxygens (including phenoxy) is 1. The predicted octanol–water partition coefficient (Wildman–Crippen LogP) is 1.43. The van der Waals surface area contributed by atoms with E-state index in [2.05, 4.69) is 20.8 Å². The minimum Gasteiger partial charge on any atom is -0.390 e. The van der Waals surface area contributed by atoms with Crippen LogP contribution in [0, 0.1) is 35.0 Å². The third-order valence-corrected chi connectivity index (χ3v) is 6.96. The van der Waals surface area contributed by atoms with Crippen molar-refractivity contribution in [1.82, 2.24) is 0 Å². The molecule has 0 aromatic heterocycles. The van der Waals surface area contributed by atoms with E-state index in [1.54, 1.807) is 0 Å². The van der Waals surface area contributed by atoms with Crippen LogP contribution >= 0.6 is 0 Å². The van der Waals surface area contributed by atoms with Crippen LogP contribution in [0.3, 0.4) is 0 Å². The summed E-state index contributed by atoms with van der Waals surface area (Å²) >= 11 is 0. The largest absolute Gasteiger partial charge is 0.390 e. The van der Waals surface area contributed by atoms with Gasteiger partial charge in [0.05, 0.1) is 18.8 Å². The molecule has 1 aliphatic heterocycles. The van der Waals surface area contributed by atoms with Crippen molar-refractivity contribution < 1.29 is 14.9 Å². The summed E-state index contributed by atoms with van der Waals surface area (Å²) in [6.07, 6.45) is 1.30. The second-order valence-corrected chi connectivity index (χ2v) is 7.65. The molecule has 8 atom stereocenters. The molecule has 18 heavy (non-hydrogen) atoms. The van der Waals surface area contributed by atoms with E-state index in [0.29, 0.717) is 17.8 Å². The van der Waals surface area contributed by atoms with Gasteiger partial charge in [-0.15, -0.1) is 0 Å². The summed E-state index contributed by atoms with van der Waals surface area (Å²) in [6, 6.07) is 0. The second-order valence-electron chi connectivity index (χ2n) is 7.65. The Kier molecular flexibility index (Phi) is 2.03. The zero-order chi connectivity index (χ0) is 12.9. The van der Waals surface area contributed by atoms with Gasteiger partial charge >= 0.3 is 0 Å². The fourth-order valence-electron chi connectivity index (χ4n) is 6.10. The molecule has 102 valence electrons. The van der Waals surface area contributed by atoms with E-state index in [1.807, 2.05) is 0 Å². The van der Waals surface area contributed by atoms with Gasteiger partial charge in [-0.05, 0) is 36.5 Å². The Morgan fingerprint density at radius 3 is 2.33 bits per heavy atom. The molecule has 0 amide bonds. The van der Waals surface area contributed by atoms with E-state index < -0.39 is 12.2 Å². The van der Waals surface area contributed by atoms with Crippen LogP contribution in [0.15, 0.2) is 0 Å². The molecule has 3 aliphatic carbocycles.